The fraction of sp³-hybridized carbons (Fsp3) is 0.480. The lowest BCUT2D eigenvalue weighted by atomic mass is 9.82. The smallest absolute Gasteiger partial charge is 0.303 e. The normalized spacial score (nSPS) is 14.1. The number of ketones is 2. The van der Waals surface area contributed by atoms with Crippen molar-refractivity contribution in [1.29, 1.82) is 0 Å². The van der Waals surface area contributed by atoms with E-state index in [0.717, 1.165) is 17.6 Å². The van der Waals surface area contributed by atoms with Crippen molar-refractivity contribution in [3.63, 3.8) is 0 Å². The Bertz CT molecular complexity index is 920. The lowest BCUT2D eigenvalue weighted by Gasteiger charge is -2.23. The highest BCUT2D eigenvalue weighted by Gasteiger charge is 2.24. The minimum absolute atomic E-state index is 0.00874. The monoisotopic (exact) mass is 428 g/mol. The molecule has 0 heterocycles. The van der Waals surface area contributed by atoms with Gasteiger partial charge in [0.2, 0.25) is 5.78 Å². The Balaban J connectivity index is 2.07. The Kier molecular flexibility index (Phi) is 8.20. The van der Waals surface area contributed by atoms with Gasteiger partial charge < -0.3 is 14.9 Å². The Morgan fingerprint density at radius 3 is 2.45 bits per heavy atom. The van der Waals surface area contributed by atoms with E-state index < -0.39 is 5.97 Å². The number of aromatic hydroxyl groups is 1. The molecule has 6 nitrogen and oxygen atoms in total. The molecule has 0 fully saturated rings. The summed E-state index contributed by atoms with van der Waals surface area (Å²) in [4.78, 5) is 35.2. The minimum Gasteiger partial charge on any atom is -0.507 e. The standard InChI is InChI=1S/C25H32O6/c1-5-6-20-18(8-9-19(16(2)26)24(20)30)15-31-22-10-7-17(13-21(22)27)11-12-25(3,4)14-23(28)29/h7-10,30H,5-6,11-15H2,1-4H3,(H,28,29). The summed E-state index contributed by atoms with van der Waals surface area (Å²) < 4.78 is 5.76. The second-order valence-electron chi connectivity index (χ2n) is 8.88. The van der Waals surface area contributed by atoms with E-state index in [2.05, 4.69) is 0 Å². The predicted molar refractivity (Wildman–Crippen MR) is 118 cm³/mol. The molecule has 1 aliphatic carbocycles. The topological polar surface area (TPSA) is 101 Å². The molecular formula is C25H32O6. The van der Waals surface area contributed by atoms with Crippen LogP contribution in [0.25, 0.3) is 0 Å². The molecule has 0 aromatic heterocycles. The third-order valence-corrected chi connectivity index (χ3v) is 5.53. The predicted octanol–water partition coefficient (Wildman–Crippen LogP) is 5.13. The van der Waals surface area contributed by atoms with Crippen molar-refractivity contribution in [1.82, 2.24) is 0 Å². The van der Waals surface area contributed by atoms with Crippen molar-refractivity contribution in [2.75, 3.05) is 0 Å². The van der Waals surface area contributed by atoms with Gasteiger partial charge in [0, 0.05) is 12.0 Å². The number of phenolic OH excluding ortho intramolecular Hbond substituents is 1. The van der Waals surface area contributed by atoms with Crippen LogP contribution in [0.1, 0.15) is 81.3 Å². The van der Waals surface area contributed by atoms with Crippen molar-refractivity contribution < 1.29 is 29.3 Å². The number of allylic oxidation sites excluding steroid dienone is 4. The molecule has 0 amide bonds. The Morgan fingerprint density at radius 1 is 1.16 bits per heavy atom. The van der Waals surface area contributed by atoms with Crippen molar-refractivity contribution in [2.24, 2.45) is 5.41 Å². The molecule has 2 N–H and O–H groups in total. The molecule has 0 radical (unpaired) electrons. The molecule has 1 aliphatic rings. The highest BCUT2D eigenvalue weighted by molar-refractivity contribution is 5.97. The third kappa shape index (κ3) is 6.81. The van der Waals surface area contributed by atoms with Crippen molar-refractivity contribution >= 4 is 17.5 Å². The summed E-state index contributed by atoms with van der Waals surface area (Å²) in [5.41, 5.74) is 2.35. The van der Waals surface area contributed by atoms with E-state index >= 15 is 0 Å². The van der Waals surface area contributed by atoms with E-state index in [1.54, 1.807) is 18.2 Å². The van der Waals surface area contributed by atoms with Gasteiger partial charge in [-0.15, -0.1) is 0 Å². The molecule has 0 saturated heterocycles. The Morgan fingerprint density at radius 2 is 1.87 bits per heavy atom. The molecule has 1 aromatic rings. The summed E-state index contributed by atoms with van der Waals surface area (Å²) >= 11 is 0. The van der Waals surface area contributed by atoms with Crippen LogP contribution in [-0.2, 0) is 27.4 Å². The minimum atomic E-state index is -0.820. The number of rotatable bonds is 11. The summed E-state index contributed by atoms with van der Waals surface area (Å²) in [6, 6.07) is 3.35. The molecule has 1 aromatic carbocycles. The van der Waals surface area contributed by atoms with E-state index in [9.17, 15) is 19.5 Å². The van der Waals surface area contributed by atoms with Gasteiger partial charge in [-0.25, -0.2) is 0 Å². The average Bonchev–Trinajstić information content (AvgIpc) is 2.66. The summed E-state index contributed by atoms with van der Waals surface area (Å²) in [6.45, 7) is 7.36. The molecule has 168 valence electrons. The highest BCUT2D eigenvalue weighted by atomic mass is 16.5. The largest absolute Gasteiger partial charge is 0.507 e. The van der Waals surface area contributed by atoms with Crippen molar-refractivity contribution in [3.8, 4) is 5.75 Å². The number of hydrogen-bond acceptors (Lipinski definition) is 5. The average molecular weight is 429 g/mol. The van der Waals surface area contributed by atoms with Crippen LogP contribution in [0.15, 0.2) is 35.6 Å². The summed E-state index contributed by atoms with van der Waals surface area (Å²) in [5.74, 6) is -0.873. The van der Waals surface area contributed by atoms with Crippen LogP contribution in [0.5, 0.6) is 5.75 Å². The number of hydrogen-bond donors (Lipinski definition) is 2. The quantitative estimate of drug-likeness (QED) is 0.474. The summed E-state index contributed by atoms with van der Waals surface area (Å²) in [5, 5.41) is 19.5. The zero-order valence-corrected chi connectivity index (χ0v) is 18.8. The summed E-state index contributed by atoms with van der Waals surface area (Å²) in [7, 11) is 0. The van der Waals surface area contributed by atoms with E-state index in [-0.39, 0.29) is 47.9 Å². The number of carbonyl (C=O) groups is 3. The van der Waals surface area contributed by atoms with Gasteiger partial charge in [-0.3, -0.25) is 14.4 Å². The van der Waals surface area contributed by atoms with Crippen LogP contribution in [0, 0.1) is 5.41 Å². The van der Waals surface area contributed by atoms with Gasteiger partial charge in [-0.05, 0) is 49.3 Å². The second kappa shape index (κ2) is 10.4. The number of aliphatic carboxylic acids is 1. The lowest BCUT2D eigenvalue weighted by molar-refractivity contribution is -0.139. The van der Waals surface area contributed by atoms with Gasteiger partial charge in [-0.1, -0.05) is 44.9 Å². The third-order valence-electron chi connectivity index (χ3n) is 5.53. The van der Waals surface area contributed by atoms with Crippen LogP contribution in [0.2, 0.25) is 0 Å². The SMILES string of the molecule is CCCc1c(COC2=CC=C(CCC(C)(C)CC(=O)O)CC2=O)ccc(C(C)=O)c1O. The molecule has 0 bridgehead atoms. The maximum Gasteiger partial charge on any atom is 0.303 e. The zero-order valence-electron chi connectivity index (χ0n) is 18.8. The molecular weight excluding hydrogens is 396 g/mol. The first-order valence-corrected chi connectivity index (χ1v) is 10.7. The van der Waals surface area contributed by atoms with Crippen molar-refractivity contribution in [2.45, 2.75) is 72.8 Å². The van der Waals surface area contributed by atoms with Crippen LogP contribution in [0.3, 0.4) is 0 Å². The van der Waals surface area contributed by atoms with Gasteiger partial charge in [0.05, 0.1) is 12.0 Å². The van der Waals surface area contributed by atoms with Gasteiger partial charge in [0.1, 0.15) is 12.4 Å². The van der Waals surface area contributed by atoms with Crippen LogP contribution in [-0.4, -0.2) is 27.7 Å². The molecule has 6 heteroatoms. The number of carbonyl (C=O) groups excluding carboxylic acids is 2. The van der Waals surface area contributed by atoms with Crippen LogP contribution >= 0.6 is 0 Å². The first-order chi connectivity index (χ1) is 14.5. The second-order valence-corrected chi connectivity index (χ2v) is 8.88. The maximum absolute atomic E-state index is 12.5. The molecule has 0 aliphatic heterocycles. The molecule has 0 spiro atoms. The molecule has 2 rings (SSSR count). The van der Waals surface area contributed by atoms with E-state index in [1.165, 1.54) is 6.92 Å². The summed E-state index contributed by atoms with van der Waals surface area (Å²) in [6.07, 6.45) is 6.63. The van der Waals surface area contributed by atoms with Gasteiger partial charge in [0.15, 0.2) is 11.5 Å². The lowest BCUT2D eigenvalue weighted by Crippen LogP contribution is -2.18. The highest BCUT2D eigenvalue weighted by Crippen LogP contribution is 2.32. The zero-order chi connectivity index (χ0) is 23.2. The van der Waals surface area contributed by atoms with Crippen molar-refractivity contribution in [3.05, 3.63) is 52.3 Å². The Labute approximate surface area is 183 Å². The number of ether oxygens (including phenoxy) is 1. The van der Waals surface area contributed by atoms with E-state index in [1.807, 2.05) is 26.8 Å². The number of benzene rings is 1. The fourth-order valence-corrected chi connectivity index (χ4v) is 3.72. The van der Waals surface area contributed by atoms with Gasteiger partial charge in [-0.2, -0.15) is 0 Å². The van der Waals surface area contributed by atoms with Gasteiger partial charge >= 0.3 is 5.97 Å². The van der Waals surface area contributed by atoms with Gasteiger partial charge in [0.25, 0.3) is 0 Å². The van der Waals surface area contributed by atoms with Crippen LogP contribution < -0.4 is 0 Å². The molecule has 0 saturated carbocycles. The van der Waals surface area contributed by atoms with Crippen LogP contribution in [0.4, 0.5) is 0 Å². The molecule has 31 heavy (non-hydrogen) atoms. The first kappa shape index (κ1) is 24.4. The first-order valence-electron chi connectivity index (χ1n) is 10.7. The van der Waals surface area contributed by atoms with E-state index in [0.29, 0.717) is 30.4 Å². The molecule has 0 atom stereocenters. The number of Topliss-reactive ketones (excluding diaryl/α,β-unsaturated/α-hetero) is 2. The number of phenols is 1. The Hall–Kier alpha value is -2.89. The maximum atomic E-state index is 12.5. The molecule has 0 unspecified atom stereocenters. The fourth-order valence-electron chi connectivity index (χ4n) is 3.72. The van der Waals surface area contributed by atoms with E-state index in [4.69, 9.17) is 9.84 Å². The number of carboxylic acid groups (broad SMARTS) is 1. The number of carboxylic acids is 1.